The summed E-state index contributed by atoms with van der Waals surface area (Å²) in [6.45, 7) is 4.16. The average Bonchev–Trinajstić information content (AvgIpc) is 2.81. The number of hydrogen-bond donors (Lipinski definition) is 1. The van der Waals surface area contributed by atoms with E-state index in [9.17, 15) is 0 Å². The van der Waals surface area contributed by atoms with Crippen LogP contribution in [0.1, 0.15) is 29.9 Å². The number of rotatable bonds is 5. The molecule has 0 aliphatic rings. The maximum Gasteiger partial charge on any atom is 0.148 e. The maximum atomic E-state index is 6.21. The highest BCUT2D eigenvalue weighted by molar-refractivity contribution is 7.10. The van der Waals surface area contributed by atoms with Crippen LogP contribution in [0.3, 0.4) is 0 Å². The lowest BCUT2D eigenvalue weighted by Crippen LogP contribution is -2.31. The molecular formula is C15H18ClNOS. The maximum absolute atomic E-state index is 6.21. The summed E-state index contributed by atoms with van der Waals surface area (Å²) in [7, 11) is 0. The smallest absolute Gasteiger partial charge is 0.148 e. The van der Waals surface area contributed by atoms with Crippen LogP contribution in [0, 0.1) is 6.92 Å². The van der Waals surface area contributed by atoms with Gasteiger partial charge in [-0.05, 0) is 48.6 Å². The number of nitrogens with two attached hydrogens (primary N) is 1. The van der Waals surface area contributed by atoms with Crippen molar-refractivity contribution in [1.82, 2.24) is 0 Å². The lowest BCUT2D eigenvalue weighted by atomic mass is 10.1. The number of thiophene rings is 1. The van der Waals surface area contributed by atoms with Gasteiger partial charge in [0.25, 0.3) is 0 Å². The van der Waals surface area contributed by atoms with Gasteiger partial charge in [-0.3, -0.25) is 0 Å². The number of ether oxygens (including phenoxy) is 1. The Morgan fingerprint density at radius 3 is 2.74 bits per heavy atom. The third-order valence-corrected chi connectivity index (χ3v) is 4.40. The third kappa shape index (κ3) is 3.50. The minimum atomic E-state index is -0.122. The van der Waals surface area contributed by atoms with Crippen LogP contribution >= 0.6 is 22.9 Å². The normalized spacial score (nSPS) is 14.1. The predicted molar refractivity (Wildman–Crippen MR) is 82.1 cm³/mol. The van der Waals surface area contributed by atoms with E-state index >= 15 is 0 Å². The molecule has 102 valence electrons. The second-order valence-corrected chi connectivity index (χ2v) is 5.92. The van der Waals surface area contributed by atoms with E-state index in [1.54, 1.807) is 11.3 Å². The Morgan fingerprint density at radius 2 is 2.16 bits per heavy atom. The van der Waals surface area contributed by atoms with E-state index in [0.717, 1.165) is 12.2 Å². The van der Waals surface area contributed by atoms with Crippen molar-refractivity contribution in [2.24, 2.45) is 5.73 Å². The molecule has 2 nitrogen and oxygen atoms in total. The van der Waals surface area contributed by atoms with Crippen molar-refractivity contribution < 1.29 is 4.74 Å². The van der Waals surface area contributed by atoms with Crippen LogP contribution in [0.5, 0.6) is 5.75 Å². The second kappa shape index (κ2) is 6.42. The first-order valence-electron chi connectivity index (χ1n) is 6.33. The standard InChI is InChI=1S/C15H18ClNOS/c1-3-13(17)14(15-10(2)7-8-19-15)18-12-6-4-5-11(16)9-12/h4-9,13-14H,3,17H2,1-2H3. The Labute approximate surface area is 123 Å². The molecule has 4 heteroatoms. The Hall–Kier alpha value is -1.03. The summed E-state index contributed by atoms with van der Waals surface area (Å²) < 4.78 is 6.07. The molecule has 0 spiro atoms. The van der Waals surface area contributed by atoms with Crippen LogP contribution in [-0.2, 0) is 0 Å². The van der Waals surface area contributed by atoms with E-state index in [0.29, 0.717) is 5.02 Å². The van der Waals surface area contributed by atoms with Crippen LogP contribution in [0.2, 0.25) is 5.02 Å². The first-order valence-corrected chi connectivity index (χ1v) is 7.59. The first-order chi connectivity index (χ1) is 9.11. The first kappa shape index (κ1) is 14.4. The van der Waals surface area contributed by atoms with Crippen LogP contribution in [0.15, 0.2) is 35.7 Å². The van der Waals surface area contributed by atoms with Crippen molar-refractivity contribution in [3.8, 4) is 5.75 Å². The molecule has 2 unspecified atom stereocenters. The number of benzene rings is 1. The van der Waals surface area contributed by atoms with E-state index in [4.69, 9.17) is 22.1 Å². The predicted octanol–water partition coefficient (Wildman–Crippen LogP) is 4.57. The zero-order valence-electron chi connectivity index (χ0n) is 11.1. The minimum absolute atomic E-state index is 0.0312. The summed E-state index contributed by atoms with van der Waals surface area (Å²) in [5.41, 5.74) is 7.43. The van der Waals surface area contributed by atoms with Crippen LogP contribution < -0.4 is 10.5 Å². The van der Waals surface area contributed by atoms with Crippen molar-refractivity contribution in [2.45, 2.75) is 32.4 Å². The Kier molecular flexibility index (Phi) is 4.86. The Balaban J connectivity index is 2.27. The van der Waals surface area contributed by atoms with Crippen molar-refractivity contribution >= 4 is 22.9 Å². The Bertz CT molecular complexity index is 540. The molecule has 0 radical (unpaired) electrons. The fourth-order valence-corrected chi connectivity index (χ4v) is 3.12. The summed E-state index contributed by atoms with van der Waals surface area (Å²) in [5, 5.41) is 2.74. The third-order valence-electron chi connectivity index (χ3n) is 3.08. The van der Waals surface area contributed by atoms with E-state index in [-0.39, 0.29) is 12.1 Å². The molecule has 0 bridgehead atoms. The summed E-state index contributed by atoms with van der Waals surface area (Å²) in [6.07, 6.45) is 0.742. The van der Waals surface area contributed by atoms with Gasteiger partial charge < -0.3 is 10.5 Å². The second-order valence-electron chi connectivity index (χ2n) is 4.54. The highest BCUT2D eigenvalue weighted by atomic mass is 35.5. The van der Waals surface area contributed by atoms with Crippen molar-refractivity contribution in [2.75, 3.05) is 0 Å². The van der Waals surface area contributed by atoms with Gasteiger partial charge in [-0.15, -0.1) is 11.3 Å². The van der Waals surface area contributed by atoms with Crippen LogP contribution in [-0.4, -0.2) is 6.04 Å². The van der Waals surface area contributed by atoms with Gasteiger partial charge in [0.05, 0.1) is 0 Å². The molecule has 2 rings (SSSR count). The average molecular weight is 296 g/mol. The molecule has 2 N–H and O–H groups in total. The molecule has 0 fully saturated rings. The fourth-order valence-electron chi connectivity index (χ4n) is 1.91. The van der Waals surface area contributed by atoms with Crippen molar-refractivity contribution in [3.63, 3.8) is 0 Å². The topological polar surface area (TPSA) is 35.2 Å². The molecule has 2 atom stereocenters. The highest BCUT2D eigenvalue weighted by Gasteiger charge is 2.23. The van der Waals surface area contributed by atoms with Gasteiger partial charge in [-0.1, -0.05) is 24.6 Å². The molecule has 0 aliphatic carbocycles. The highest BCUT2D eigenvalue weighted by Crippen LogP contribution is 2.32. The quantitative estimate of drug-likeness (QED) is 0.877. The largest absolute Gasteiger partial charge is 0.483 e. The van der Waals surface area contributed by atoms with Gasteiger partial charge >= 0.3 is 0 Å². The lowest BCUT2D eigenvalue weighted by molar-refractivity contribution is 0.174. The summed E-state index contributed by atoms with van der Waals surface area (Å²) in [6, 6.07) is 9.50. The van der Waals surface area contributed by atoms with E-state index in [1.807, 2.05) is 24.3 Å². The minimum Gasteiger partial charge on any atom is -0.483 e. The molecule has 1 aromatic carbocycles. The molecule has 0 saturated carbocycles. The van der Waals surface area contributed by atoms with Gasteiger partial charge in [-0.2, -0.15) is 0 Å². The van der Waals surface area contributed by atoms with Crippen molar-refractivity contribution in [3.05, 3.63) is 51.2 Å². The van der Waals surface area contributed by atoms with E-state index in [1.165, 1.54) is 10.4 Å². The fraction of sp³-hybridized carbons (Fsp3) is 0.333. The molecule has 1 heterocycles. The molecule has 0 aliphatic heterocycles. The molecular weight excluding hydrogens is 278 g/mol. The van der Waals surface area contributed by atoms with Gasteiger partial charge in [-0.25, -0.2) is 0 Å². The van der Waals surface area contributed by atoms with E-state index in [2.05, 4.69) is 25.3 Å². The Morgan fingerprint density at radius 1 is 1.37 bits per heavy atom. The summed E-state index contributed by atoms with van der Waals surface area (Å²) in [4.78, 5) is 1.19. The monoisotopic (exact) mass is 295 g/mol. The molecule has 2 aromatic rings. The van der Waals surface area contributed by atoms with Gasteiger partial charge in [0.2, 0.25) is 0 Å². The summed E-state index contributed by atoms with van der Waals surface area (Å²) >= 11 is 7.68. The molecule has 1 aromatic heterocycles. The lowest BCUT2D eigenvalue weighted by Gasteiger charge is -2.24. The van der Waals surface area contributed by atoms with E-state index < -0.39 is 0 Å². The zero-order valence-corrected chi connectivity index (χ0v) is 12.7. The van der Waals surface area contributed by atoms with Gasteiger partial charge in [0.1, 0.15) is 11.9 Å². The van der Waals surface area contributed by atoms with Crippen LogP contribution in [0.4, 0.5) is 0 Å². The zero-order chi connectivity index (χ0) is 13.8. The summed E-state index contributed by atoms with van der Waals surface area (Å²) in [5.74, 6) is 0.759. The molecule has 0 saturated heterocycles. The van der Waals surface area contributed by atoms with Crippen molar-refractivity contribution in [1.29, 1.82) is 0 Å². The van der Waals surface area contributed by atoms with Crippen LogP contribution in [0.25, 0.3) is 0 Å². The molecule has 0 amide bonds. The van der Waals surface area contributed by atoms with Gasteiger partial charge in [0, 0.05) is 15.9 Å². The number of aryl methyl sites for hydroxylation is 1. The number of halogens is 1. The number of hydrogen-bond acceptors (Lipinski definition) is 3. The van der Waals surface area contributed by atoms with Gasteiger partial charge in [0.15, 0.2) is 0 Å². The molecule has 19 heavy (non-hydrogen) atoms. The SMILES string of the molecule is CCC(N)C(Oc1cccc(Cl)c1)c1sccc1C.